The summed E-state index contributed by atoms with van der Waals surface area (Å²) in [5.74, 6) is -0.713. The van der Waals surface area contributed by atoms with Gasteiger partial charge in [-0.2, -0.15) is 0 Å². The lowest BCUT2D eigenvalue weighted by Crippen LogP contribution is -2.13. The van der Waals surface area contributed by atoms with Crippen molar-refractivity contribution in [3.63, 3.8) is 0 Å². The number of aromatic hydroxyl groups is 1. The molecular formula is C23H20Br2NO7P. The second kappa shape index (κ2) is 10.7. The van der Waals surface area contributed by atoms with Crippen LogP contribution < -0.4 is 10.1 Å². The number of halogens is 2. The number of carbonyl (C=O) groups is 2. The molecular weight excluding hydrogens is 593 g/mol. The number of rotatable bonds is 7. The number of methoxy groups -OCH3 is 1. The Morgan fingerprint density at radius 1 is 1.03 bits per heavy atom. The Morgan fingerprint density at radius 3 is 2.21 bits per heavy atom. The SMILES string of the molecule is COC(=O)c1ccc(NC(=O)c2cc(Oc3c(Br)cc(C(C)(O)[PH2]=O)cc3Br)ccc2O)cc1. The summed E-state index contributed by atoms with van der Waals surface area (Å²) in [6.07, 6.45) is 0. The van der Waals surface area contributed by atoms with Crippen molar-refractivity contribution in [2.75, 3.05) is 12.4 Å². The Bertz CT molecular complexity index is 1240. The van der Waals surface area contributed by atoms with Crippen LogP contribution in [0.5, 0.6) is 17.2 Å². The number of amides is 1. The van der Waals surface area contributed by atoms with Gasteiger partial charge in [0.25, 0.3) is 5.91 Å². The fraction of sp³-hybridized carbons (Fsp3) is 0.130. The molecule has 0 aliphatic carbocycles. The van der Waals surface area contributed by atoms with E-state index in [1.807, 2.05) is 0 Å². The maximum atomic E-state index is 12.7. The Balaban J connectivity index is 1.83. The van der Waals surface area contributed by atoms with Crippen LogP contribution in [0.3, 0.4) is 0 Å². The van der Waals surface area contributed by atoms with E-state index in [4.69, 9.17) is 4.74 Å². The summed E-state index contributed by atoms with van der Waals surface area (Å²) in [5.41, 5.74) is 1.15. The minimum Gasteiger partial charge on any atom is -0.507 e. The molecule has 8 nitrogen and oxygen atoms in total. The molecule has 0 heterocycles. The molecule has 0 spiro atoms. The van der Waals surface area contributed by atoms with Crippen LogP contribution in [-0.4, -0.2) is 29.2 Å². The zero-order valence-corrected chi connectivity index (χ0v) is 22.3. The maximum Gasteiger partial charge on any atom is 0.337 e. The highest BCUT2D eigenvalue weighted by Crippen LogP contribution is 2.42. The molecule has 0 aliphatic heterocycles. The first-order chi connectivity index (χ1) is 16.1. The van der Waals surface area contributed by atoms with E-state index in [1.165, 1.54) is 56.5 Å². The normalized spacial score (nSPS) is 12.9. The molecule has 2 unspecified atom stereocenters. The zero-order chi connectivity index (χ0) is 25.0. The average Bonchev–Trinajstić information content (AvgIpc) is 2.82. The summed E-state index contributed by atoms with van der Waals surface area (Å²) in [6, 6.07) is 13.5. The molecule has 3 N–H and O–H groups in total. The number of phenolic OH excluding ortho intramolecular Hbond substituents is 1. The number of benzene rings is 3. The van der Waals surface area contributed by atoms with Crippen molar-refractivity contribution in [3.05, 3.63) is 80.2 Å². The molecule has 1 amide bonds. The van der Waals surface area contributed by atoms with Crippen LogP contribution in [0.15, 0.2) is 63.5 Å². The first-order valence-corrected chi connectivity index (χ1v) is 12.4. The van der Waals surface area contributed by atoms with Crippen LogP contribution in [0.25, 0.3) is 0 Å². The second-order valence-electron chi connectivity index (χ2n) is 7.34. The number of carbonyl (C=O) groups excluding carboxylic acids is 2. The van der Waals surface area contributed by atoms with Crippen molar-refractivity contribution in [2.24, 2.45) is 0 Å². The molecule has 34 heavy (non-hydrogen) atoms. The molecule has 3 aromatic carbocycles. The van der Waals surface area contributed by atoms with Gasteiger partial charge in [0.15, 0.2) is 5.75 Å². The van der Waals surface area contributed by atoms with Gasteiger partial charge in [0.2, 0.25) is 0 Å². The third kappa shape index (κ3) is 5.88. The molecule has 0 saturated carbocycles. The van der Waals surface area contributed by atoms with Crippen molar-refractivity contribution >= 4 is 57.9 Å². The smallest absolute Gasteiger partial charge is 0.337 e. The number of anilines is 1. The molecule has 0 aliphatic rings. The van der Waals surface area contributed by atoms with E-state index in [1.54, 1.807) is 12.1 Å². The van der Waals surface area contributed by atoms with E-state index < -0.39 is 25.7 Å². The summed E-state index contributed by atoms with van der Waals surface area (Å²) in [4.78, 5) is 24.3. The lowest BCUT2D eigenvalue weighted by Gasteiger charge is -2.19. The number of hydrogen-bond donors (Lipinski definition) is 3. The Kier molecular flexibility index (Phi) is 8.20. The van der Waals surface area contributed by atoms with Crippen LogP contribution in [0.4, 0.5) is 5.69 Å². The van der Waals surface area contributed by atoms with Crippen LogP contribution in [0, 0.1) is 0 Å². The summed E-state index contributed by atoms with van der Waals surface area (Å²) in [5, 5.41) is 21.7. The molecule has 11 heteroatoms. The summed E-state index contributed by atoms with van der Waals surface area (Å²) < 4.78 is 22.9. The average molecular weight is 613 g/mol. The van der Waals surface area contributed by atoms with Gasteiger partial charge in [-0.3, -0.25) is 4.79 Å². The molecule has 0 radical (unpaired) electrons. The van der Waals surface area contributed by atoms with Gasteiger partial charge in [0.1, 0.15) is 16.8 Å². The van der Waals surface area contributed by atoms with Crippen LogP contribution in [-0.2, 0) is 14.6 Å². The zero-order valence-electron chi connectivity index (χ0n) is 18.0. The van der Waals surface area contributed by atoms with E-state index >= 15 is 0 Å². The summed E-state index contributed by atoms with van der Waals surface area (Å²) in [7, 11) is -0.198. The van der Waals surface area contributed by atoms with Crippen LogP contribution in [0.2, 0.25) is 0 Å². The Labute approximate surface area is 213 Å². The fourth-order valence-corrected chi connectivity index (χ4v) is 4.55. The number of hydrogen-bond acceptors (Lipinski definition) is 7. The quantitative estimate of drug-likeness (QED) is 0.232. The first-order valence-electron chi connectivity index (χ1n) is 9.74. The van der Waals surface area contributed by atoms with Crippen molar-refractivity contribution < 1.29 is 33.8 Å². The van der Waals surface area contributed by atoms with Crippen molar-refractivity contribution in [2.45, 2.75) is 12.3 Å². The highest BCUT2D eigenvalue weighted by Gasteiger charge is 2.24. The lowest BCUT2D eigenvalue weighted by molar-refractivity contribution is 0.0600. The minimum atomic E-state index is -1.47. The van der Waals surface area contributed by atoms with Crippen molar-refractivity contribution in [1.82, 2.24) is 0 Å². The second-order valence-corrected chi connectivity index (χ2v) is 10.4. The van der Waals surface area contributed by atoms with Crippen molar-refractivity contribution in [3.8, 4) is 17.2 Å². The predicted octanol–water partition coefficient (Wildman–Crippen LogP) is 5.67. The van der Waals surface area contributed by atoms with Crippen LogP contribution >= 0.6 is 40.3 Å². The van der Waals surface area contributed by atoms with Crippen molar-refractivity contribution in [1.29, 1.82) is 0 Å². The molecule has 0 bridgehead atoms. The van der Waals surface area contributed by atoms with Gasteiger partial charge in [-0.25, -0.2) is 4.79 Å². The molecule has 0 aromatic heterocycles. The van der Waals surface area contributed by atoms with Gasteiger partial charge in [0.05, 0.1) is 35.6 Å². The number of nitrogens with one attached hydrogen (secondary N) is 1. The Morgan fingerprint density at radius 2 is 1.65 bits per heavy atom. The highest BCUT2D eigenvalue weighted by molar-refractivity contribution is 9.11. The molecule has 178 valence electrons. The number of ether oxygens (including phenoxy) is 2. The van der Waals surface area contributed by atoms with Gasteiger partial charge in [-0.15, -0.1) is 0 Å². The summed E-state index contributed by atoms with van der Waals surface area (Å²) in [6.45, 7) is 1.46. The number of aliphatic hydroxyl groups is 1. The van der Waals surface area contributed by atoms with E-state index in [0.717, 1.165) is 0 Å². The third-order valence-electron chi connectivity index (χ3n) is 4.81. The largest absolute Gasteiger partial charge is 0.507 e. The number of esters is 1. The highest BCUT2D eigenvalue weighted by atomic mass is 79.9. The van der Waals surface area contributed by atoms with Gasteiger partial charge >= 0.3 is 5.97 Å². The first kappa shape index (κ1) is 26.0. The molecule has 3 rings (SSSR count). The van der Waals surface area contributed by atoms with Gasteiger partial charge in [-0.1, -0.05) is 0 Å². The summed E-state index contributed by atoms with van der Waals surface area (Å²) >= 11 is 6.77. The minimum absolute atomic E-state index is 0.0312. The van der Waals surface area contributed by atoms with Gasteiger partial charge < -0.3 is 29.6 Å². The topological polar surface area (TPSA) is 122 Å². The third-order valence-corrected chi connectivity index (χ3v) is 6.78. The van der Waals surface area contributed by atoms with E-state index in [2.05, 4.69) is 41.9 Å². The van der Waals surface area contributed by atoms with E-state index in [-0.39, 0.29) is 17.1 Å². The predicted molar refractivity (Wildman–Crippen MR) is 136 cm³/mol. The van der Waals surface area contributed by atoms with Gasteiger partial charge in [0, 0.05) is 5.69 Å². The molecule has 3 aromatic rings. The van der Waals surface area contributed by atoms with Gasteiger partial charge in [-0.05, 0) is 98.9 Å². The lowest BCUT2D eigenvalue weighted by atomic mass is 10.1. The maximum absolute atomic E-state index is 12.7. The molecule has 0 saturated heterocycles. The fourth-order valence-electron chi connectivity index (χ4n) is 2.90. The van der Waals surface area contributed by atoms with E-state index in [9.17, 15) is 24.4 Å². The standard InChI is InChI=1S/C23H20Br2NO7P/c1-23(30,34-31)13-9-17(24)20(18(25)10-13)33-15-7-8-19(27)16(11-15)21(28)26-14-5-3-12(4-6-14)22(29)32-2/h3-11,27,30H,34H2,1-2H3,(H,26,28). The number of phenols is 1. The van der Waals surface area contributed by atoms with Crippen LogP contribution in [0.1, 0.15) is 33.2 Å². The van der Waals surface area contributed by atoms with E-state index in [0.29, 0.717) is 31.5 Å². The molecule has 2 atom stereocenters. The monoisotopic (exact) mass is 611 g/mol. The molecule has 0 fully saturated rings. The Hall–Kier alpha value is -2.65.